The highest BCUT2D eigenvalue weighted by molar-refractivity contribution is 5.96. The maximum absolute atomic E-state index is 11.9. The number of rotatable bonds is 7. The molecule has 0 N–H and O–H groups in total. The van der Waals surface area contributed by atoms with Crippen LogP contribution in [0, 0.1) is 0 Å². The van der Waals surface area contributed by atoms with E-state index in [1.165, 1.54) is 38.5 Å². The second-order valence-corrected chi connectivity index (χ2v) is 5.85. The molecule has 0 aliphatic carbocycles. The van der Waals surface area contributed by atoms with Crippen molar-refractivity contribution in [3.63, 3.8) is 0 Å². The third-order valence-corrected chi connectivity index (χ3v) is 4.01. The SMILES string of the molecule is COC(=O)c1ccc(C(=O)OC)c(OCCOc2ccc3ccc(=O)oc3c2)c1. The smallest absolute Gasteiger partial charge is 0.341 e. The largest absolute Gasteiger partial charge is 0.490 e. The van der Waals surface area contributed by atoms with E-state index in [1.807, 2.05) is 0 Å². The highest BCUT2D eigenvalue weighted by atomic mass is 16.5. The number of ether oxygens (including phenoxy) is 4. The molecule has 0 saturated carbocycles. The van der Waals surface area contributed by atoms with E-state index in [9.17, 15) is 14.4 Å². The van der Waals surface area contributed by atoms with Gasteiger partial charge in [0.2, 0.25) is 0 Å². The summed E-state index contributed by atoms with van der Waals surface area (Å²) in [6.45, 7) is 0.233. The Balaban J connectivity index is 1.68. The van der Waals surface area contributed by atoms with Gasteiger partial charge in [0.15, 0.2) is 0 Å². The second-order valence-electron chi connectivity index (χ2n) is 5.85. The summed E-state index contributed by atoms with van der Waals surface area (Å²) in [5.74, 6) is -0.484. The molecule has 3 aromatic rings. The van der Waals surface area contributed by atoms with Crippen LogP contribution in [0.15, 0.2) is 57.7 Å². The molecule has 0 aliphatic heterocycles. The average molecular weight is 398 g/mol. The number of hydrogen-bond donors (Lipinski definition) is 0. The quantitative estimate of drug-likeness (QED) is 0.340. The normalized spacial score (nSPS) is 10.4. The molecule has 0 atom stereocenters. The topological polar surface area (TPSA) is 101 Å². The summed E-state index contributed by atoms with van der Waals surface area (Å²) in [5.41, 5.74) is 0.377. The molecule has 0 fully saturated rings. The van der Waals surface area contributed by atoms with Gasteiger partial charge in [-0.1, -0.05) is 0 Å². The molecule has 1 aromatic heterocycles. The van der Waals surface area contributed by atoms with Crippen LogP contribution in [0.25, 0.3) is 11.0 Å². The van der Waals surface area contributed by atoms with E-state index in [4.69, 9.17) is 18.6 Å². The zero-order valence-electron chi connectivity index (χ0n) is 15.8. The molecular weight excluding hydrogens is 380 g/mol. The third-order valence-electron chi connectivity index (χ3n) is 4.01. The number of methoxy groups -OCH3 is 2. The summed E-state index contributed by atoms with van der Waals surface area (Å²) in [7, 11) is 2.51. The molecule has 8 nitrogen and oxygen atoms in total. The van der Waals surface area contributed by atoms with Gasteiger partial charge in [-0.05, 0) is 36.4 Å². The van der Waals surface area contributed by atoms with Crippen molar-refractivity contribution in [1.82, 2.24) is 0 Å². The summed E-state index contributed by atoms with van der Waals surface area (Å²) in [6, 6.07) is 12.4. The summed E-state index contributed by atoms with van der Waals surface area (Å²) < 4.78 is 25.7. The lowest BCUT2D eigenvalue weighted by atomic mass is 10.1. The molecule has 0 unspecified atom stereocenters. The van der Waals surface area contributed by atoms with E-state index in [-0.39, 0.29) is 30.1 Å². The van der Waals surface area contributed by atoms with E-state index in [1.54, 1.807) is 24.3 Å². The molecule has 0 bridgehead atoms. The number of carbonyl (C=O) groups excluding carboxylic acids is 2. The van der Waals surface area contributed by atoms with E-state index >= 15 is 0 Å². The van der Waals surface area contributed by atoms with Crippen molar-refractivity contribution in [2.24, 2.45) is 0 Å². The van der Waals surface area contributed by atoms with Crippen molar-refractivity contribution < 1.29 is 33.0 Å². The average Bonchev–Trinajstić information content (AvgIpc) is 2.75. The molecule has 8 heteroatoms. The molecule has 2 aromatic carbocycles. The minimum absolute atomic E-state index is 0.0887. The number of carbonyl (C=O) groups is 2. The van der Waals surface area contributed by atoms with Crippen LogP contribution in [-0.4, -0.2) is 39.4 Å². The van der Waals surface area contributed by atoms with Crippen LogP contribution in [0.2, 0.25) is 0 Å². The van der Waals surface area contributed by atoms with E-state index in [0.717, 1.165) is 5.39 Å². The zero-order chi connectivity index (χ0) is 20.8. The lowest BCUT2D eigenvalue weighted by Gasteiger charge is -2.12. The minimum atomic E-state index is -0.595. The van der Waals surface area contributed by atoms with Gasteiger partial charge in [0.25, 0.3) is 0 Å². The molecule has 3 rings (SSSR count). The predicted molar refractivity (Wildman–Crippen MR) is 103 cm³/mol. The summed E-state index contributed by atoms with van der Waals surface area (Å²) in [4.78, 5) is 34.9. The summed E-state index contributed by atoms with van der Waals surface area (Å²) in [6.07, 6.45) is 0. The van der Waals surface area contributed by atoms with Crippen molar-refractivity contribution in [3.05, 3.63) is 70.1 Å². The van der Waals surface area contributed by atoms with Gasteiger partial charge in [0, 0.05) is 17.5 Å². The number of esters is 2. The van der Waals surface area contributed by atoms with Crippen molar-refractivity contribution in [2.75, 3.05) is 27.4 Å². The van der Waals surface area contributed by atoms with Crippen molar-refractivity contribution in [1.29, 1.82) is 0 Å². The van der Waals surface area contributed by atoms with E-state index in [2.05, 4.69) is 4.74 Å². The van der Waals surface area contributed by atoms with Crippen molar-refractivity contribution in [2.45, 2.75) is 0 Å². The fraction of sp³-hybridized carbons (Fsp3) is 0.190. The number of benzene rings is 2. The van der Waals surface area contributed by atoms with Gasteiger partial charge in [-0.25, -0.2) is 14.4 Å². The highest BCUT2D eigenvalue weighted by Gasteiger charge is 2.16. The Morgan fingerprint density at radius 2 is 1.59 bits per heavy atom. The molecule has 150 valence electrons. The lowest BCUT2D eigenvalue weighted by Crippen LogP contribution is -2.13. The Bertz CT molecular complexity index is 1100. The van der Waals surface area contributed by atoms with Crippen LogP contribution in [-0.2, 0) is 9.47 Å². The molecule has 0 amide bonds. The molecule has 0 saturated heterocycles. The van der Waals surface area contributed by atoms with E-state index < -0.39 is 17.6 Å². The maximum atomic E-state index is 11.9. The molecular formula is C21H18O8. The van der Waals surface area contributed by atoms with E-state index in [0.29, 0.717) is 11.3 Å². The predicted octanol–water partition coefficient (Wildman–Crippen LogP) is 2.82. The summed E-state index contributed by atoms with van der Waals surface area (Å²) in [5, 5.41) is 0.774. The van der Waals surface area contributed by atoms with Gasteiger partial charge in [-0.3, -0.25) is 0 Å². The minimum Gasteiger partial charge on any atom is -0.490 e. The van der Waals surface area contributed by atoms with Crippen LogP contribution in [0.3, 0.4) is 0 Å². The van der Waals surface area contributed by atoms with Crippen LogP contribution in [0.5, 0.6) is 11.5 Å². The molecule has 1 heterocycles. The first kappa shape index (κ1) is 19.9. The van der Waals surface area contributed by atoms with Gasteiger partial charge in [0.1, 0.15) is 35.9 Å². The highest BCUT2D eigenvalue weighted by Crippen LogP contribution is 2.23. The second kappa shape index (κ2) is 8.92. The Hall–Kier alpha value is -3.81. The van der Waals surface area contributed by atoms with Gasteiger partial charge < -0.3 is 23.4 Å². The Kier molecular flexibility index (Phi) is 6.13. The first-order chi connectivity index (χ1) is 14.0. The van der Waals surface area contributed by atoms with Crippen LogP contribution in [0.4, 0.5) is 0 Å². The van der Waals surface area contributed by atoms with Crippen LogP contribution < -0.4 is 15.1 Å². The van der Waals surface area contributed by atoms with Gasteiger partial charge >= 0.3 is 17.6 Å². The summed E-state index contributed by atoms with van der Waals surface area (Å²) >= 11 is 0. The fourth-order valence-electron chi connectivity index (χ4n) is 2.61. The molecule has 0 radical (unpaired) electrons. The fourth-order valence-corrected chi connectivity index (χ4v) is 2.61. The third kappa shape index (κ3) is 4.73. The monoisotopic (exact) mass is 398 g/mol. The lowest BCUT2D eigenvalue weighted by molar-refractivity contribution is 0.0581. The Morgan fingerprint density at radius 3 is 2.34 bits per heavy atom. The van der Waals surface area contributed by atoms with Crippen LogP contribution >= 0.6 is 0 Å². The Labute approximate surface area is 165 Å². The molecule has 0 aliphatic rings. The molecule has 29 heavy (non-hydrogen) atoms. The number of hydrogen-bond acceptors (Lipinski definition) is 8. The van der Waals surface area contributed by atoms with Crippen LogP contribution in [0.1, 0.15) is 20.7 Å². The number of fused-ring (bicyclic) bond motifs is 1. The van der Waals surface area contributed by atoms with Crippen molar-refractivity contribution in [3.8, 4) is 11.5 Å². The van der Waals surface area contributed by atoms with Gasteiger partial charge in [-0.2, -0.15) is 0 Å². The zero-order valence-corrected chi connectivity index (χ0v) is 15.8. The maximum Gasteiger partial charge on any atom is 0.341 e. The van der Waals surface area contributed by atoms with Crippen molar-refractivity contribution >= 4 is 22.9 Å². The van der Waals surface area contributed by atoms with Gasteiger partial charge in [-0.15, -0.1) is 0 Å². The first-order valence-electron chi connectivity index (χ1n) is 8.62. The van der Waals surface area contributed by atoms with Gasteiger partial charge in [0.05, 0.1) is 19.8 Å². The molecule has 0 spiro atoms. The first-order valence-corrected chi connectivity index (χ1v) is 8.62. The standard InChI is InChI=1S/C21H18O8/c1-25-20(23)14-4-7-16(21(24)26-2)18(11-14)28-10-9-27-15-6-3-13-5-8-19(22)29-17(13)12-15/h3-8,11-12H,9-10H2,1-2H3. The Morgan fingerprint density at radius 1 is 0.862 bits per heavy atom.